The summed E-state index contributed by atoms with van der Waals surface area (Å²) in [5.74, 6) is 0. The van der Waals surface area contributed by atoms with Gasteiger partial charge in [0.15, 0.2) is 0 Å². The summed E-state index contributed by atoms with van der Waals surface area (Å²) < 4.78 is 0. The molecule has 0 bridgehead atoms. The van der Waals surface area contributed by atoms with Crippen molar-refractivity contribution in [2.24, 2.45) is 0 Å². The molecule has 1 N–H and O–H groups in total. The molecule has 3 rings (SSSR count). The molecule has 1 aromatic carbocycles. The zero-order valence-electron chi connectivity index (χ0n) is 13.5. The molecule has 0 radical (unpaired) electrons. The summed E-state index contributed by atoms with van der Waals surface area (Å²) in [4.78, 5) is 7.87. The number of benzene rings is 1. The number of aromatic nitrogens is 2. The van der Waals surface area contributed by atoms with Crippen LogP contribution in [-0.2, 0) is 0 Å². The van der Waals surface area contributed by atoms with Crippen molar-refractivity contribution < 1.29 is 0 Å². The summed E-state index contributed by atoms with van der Waals surface area (Å²) in [6.45, 7) is 6.36. The van der Waals surface area contributed by atoms with Crippen molar-refractivity contribution >= 4 is 56.1 Å². The highest BCUT2D eigenvalue weighted by molar-refractivity contribution is 6.65. The predicted octanol–water partition coefficient (Wildman–Crippen LogP) is 6.04. The van der Waals surface area contributed by atoms with E-state index >= 15 is 0 Å². The van der Waals surface area contributed by atoms with Gasteiger partial charge in [0, 0.05) is 29.2 Å². The predicted molar refractivity (Wildman–Crippen MR) is 103 cm³/mol. The number of anilines is 1. The van der Waals surface area contributed by atoms with Crippen molar-refractivity contribution in [2.45, 2.75) is 26.3 Å². The molecule has 2 aromatic rings. The molecule has 1 aliphatic heterocycles. The molecule has 0 aliphatic carbocycles. The Kier molecular flexibility index (Phi) is 4.60. The molecule has 6 heteroatoms. The summed E-state index contributed by atoms with van der Waals surface area (Å²) in [5.41, 5.74) is 4.76. The van der Waals surface area contributed by atoms with E-state index < -0.39 is 0 Å². The molecule has 0 saturated heterocycles. The van der Waals surface area contributed by atoms with Crippen LogP contribution in [0.4, 0.5) is 5.69 Å². The van der Waals surface area contributed by atoms with Crippen LogP contribution in [0.5, 0.6) is 0 Å². The lowest BCUT2D eigenvalue weighted by Gasteiger charge is -2.31. The number of nitrogens with one attached hydrogen (secondary N) is 1. The van der Waals surface area contributed by atoms with Gasteiger partial charge in [0.05, 0.1) is 15.6 Å². The van der Waals surface area contributed by atoms with Crippen molar-refractivity contribution in [3.8, 4) is 0 Å². The number of nitrogens with zero attached hydrogens (tertiary/aromatic N) is 2. The van der Waals surface area contributed by atoms with Crippen molar-refractivity contribution in [3.05, 3.63) is 58.6 Å². The fraction of sp³-hybridized carbons (Fsp3) is 0.222. The van der Waals surface area contributed by atoms with E-state index in [9.17, 15) is 0 Å². The van der Waals surface area contributed by atoms with Crippen LogP contribution in [0.2, 0.25) is 5.28 Å². The minimum atomic E-state index is -0.111. The highest BCUT2D eigenvalue weighted by atomic mass is 35.5. The summed E-state index contributed by atoms with van der Waals surface area (Å²) in [5, 5.41) is 4.50. The lowest BCUT2D eigenvalue weighted by molar-refractivity contribution is 0.707. The third-order valence-corrected chi connectivity index (χ3v) is 4.90. The van der Waals surface area contributed by atoms with Crippen LogP contribution in [0.3, 0.4) is 0 Å². The summed E-state index contributed by atoms with van der Waals surface area (Å²) in [7, 11) is 0. The highest BCUT2D eigenvalue weighted by Crippen LogP contribution is 2.38. The molecule has 24 heavy (non-hydrogen) atoms. The number of rotatable bonds is 2. The average molecular weight is 381 g/mol. The zero-order chi connectivity index (χ0) is 17.5. The van der Waals surface area contributed by atoms with E-state index in [4.69, 9.17) is 34.8 Å². The Balaban J connectivity index is 2.03. The molecule has 0 amide bonds. The van der Waals surface area contributed by atoms with E-state index in [1.807, 2.05) is 18.2 Å². The van der Waals surface area contributed by atoms with Crippen molar-refractivity contribution in [1.82, 2.24) is 9.97 Å². The Hall–Kier alpha value is -1.55. The topological polar surface area (TPSA) is 37.8 Å². The molecule has 1 aromatic heterocycles. The van der Waals surface area contributed by atoms with Crippen LogP contribution in [-0.4, -0.2) is 15.5 Å². The van der Waals surface area contributed by atoms with Crippen molar-refractivity contribution in [1.29, 1.82) is 0 Å². The number of hydrogen-bond donors (Lipinski definition) is 1. The van der Waals surface area contributed by atoms with Crippen LogP contribution < -0.4 is 5.32 Å². The molecule has 0 unspecified atom stereocenters. The smallest absolute Gasteiger partial charge is 0.222 e. The number of allylic oxidation sites excluding steroid dienone is 1. The maximum atomic E-state index is 6.50. The second-order valence-corrected chi connectivity index (χ2v) is 7.40. The first kappa shape index (κ1) is 17.3. The minimum Gasteiger partial charge on any atom is -0.376 e. The lowest BCUT2D eigenvalue weighted by atomic mass is 9.90. The van der Waals surface area contributed by atoms with Crippen LogP contribution in [0.1, 0.15) is 37.5 Å². The fourth-order valence-corrected chi connectivity index (χ4v) is 3.34. The van der Waals surface area contributed by atoms with Gasteiger partial charge in [0.25, 0.3) is 0 Å². The average Bonchev–Trinajstić information content (AvgIpc) is 2.52. The Morgan fingerprint density at radius 3 is 2.33 bits per heavy atom. The molecule has 1 aliphatic rings. The third kappa shape index (κ3) is 3.44. The summed E-state index contributed by atoms with van der Waals surface area (Å²) in [6, 6.07) is 6.01. The van der Waals surface area contributed by atoms with Crippen LogP contribution in [0.25, 0.3) is 15.6 Å². The van der Waals surface area contributed by atoms with E-state index in [1.165, 1.54) is 5.57 Å². The van der Waals surface area contributed by atoms with Gasteiger partial charge in [-0.1, -0.05) is 41.4 Å². The highest BCUT2D eigenvalue weighted by Gasteiger charge is 2.23. The minimum absolute atomic E-state index is 0.111. The molecular formula is C18H16Cl3N3. The first-order chi connectivity index (χ1) is 11.3. The first-order valence-corrected chi connectivity index (χ1v) is 8.56. The number of halogens is 3. The monoisotopic (exact) mass is 379 g/mol. The molecule has 124 valence electrons. The van der Waals surface area contributed by atoms with Gasteiger partial charge in [-0.05, 0) is 49.6 Å². The molecule has 0 spiro atoms. The van der Waals surface area contributed by atoms with Gasteiger partial charge < -0.3 is 5.32 Å². The van der Waals surface area contributed by atoms with Gasteiger partial charge in [-0.25, -0.2) is 9.97 Å². The van der Waals surface area contributed by atoms with Crippen LogP contribution in [0, 0.1) is 0 Å². The van der Waals surface area contributed by atoms with Crippen molar-refractivity contribution in [3.63, 3.8) is 0 Å². The largest absolute Gasteiger partial charge is 0.376 e. The quantitative estimate of drug-likeness (QED) is 0.645. The molecule has 0 saturated carbocycles. The molecule has 3 nitrogen and oxygen atoms in total. The van der Waals surface area contributed by atoms with E-state index in [1.54, 1.807) is 12.4 Å². The van der Waals surface area contributed by atoms with Crippen molar-refractivity contribution in [2.75, 3.05) is 5.32 Å². The SMILES string of the molecule is CC1=CC(C)(C)Nc2cc(C(Cl)=C(Cl)c3cnc(Cl)nc3)ccc21. The summed E-state index contributed by atoms with van der Waals surface area (Å²) in [6.07, 6.45) is 5.31. The lowest BCUT2D eigenvalue weighted by Crippen LogP contribution is -2.31. The van der Waals surface area contributed by atoms with Gasteiger partial charge in [-0.15, -0.1) is 0 Å². The number of fused-ring (bicyclic) bond motifs is 1. The summed E-state index contributed by atoms with van der Waals surface area (Å²) >= 11 is 18.6. The molecular weight excluding hydrogens is 365 g/mol. The van der Waals surface area contributed by atoms with Gasteiger partial charge in [0.2, 0.25) is 5.28 Å². The Bertz CT molecular complexity index is 852. The van der Waals surface area contributed by atoms with Gasteiger partial charge >= 0.3 is 0 Å². The second-order valence-electron chi connectivity index (χ2n) is 6.30. The Morgan fingerprint density at radius 1 is 1.04 bits per heavy atom. The fourth-order valence-electron chi connectivity index (χ4n) is 2.81. The van der Waals surface area contributed by atoms with E-state index in [-0.39, 0.29) is 10.8 Å². The first-order valence-electron chi connectivity index (χ1n) is 7.42. The second kappa shape index (κ2) is 6.40. The Morgan fingerprint density at radius 2 is 1.67 bits per heavy atom. The van der Waals surface area contributed by atoms with Gasteiger partial charge in [0.1, 0.15) is 0 Å². The molecule has 2 heterocycles. The Labute approximate surface area is 156 Å². The molecule has 0 fully saturated rings. The zero-order valence-corrected chi connectivity index (χ0v) is 15.8. The third-order valence-electron chi connectivity index (χ3n) is 3.80. The van der Waals surface area contributed by atoms with Crippen LogP contribution in [0.15, 0.2) is 36.7 Å². The van der Waals surface area contributed by atoms with E-state index in [0.29, 0.717) is 15.6 Å². The van der Waals surface area contributed by atoms with Gasteiger partial charge in [-0.2, -0.15) is 0 Å². The van der Waals surface area contributed by atoms with E-state index in [2.05, 4.69) is 42.1 Å². The van der Waals surface area contributed by atoms with E-state index in [0.717, 1.165) is 16.8 Å². The van der Waals surface area contributed by atoms with Crippen LogP contribution >= 0.6 is 34.8 Å². The number of hydrogen-bond acceptors (Lipinski definition) is 3. The normalized spacial score (nSPS) is 16.7. The maximum Gasteiger partial charge on any atom is 0.222 e. The van der Waals surface area contributed by atoms with Gasteiger partial charge in [-0.3, -0.25) is 0 Å². The molecule has 0 atom stereocenters. The maximum absolute atomic E-state index is 6.50. The standard InChI is InChI=1S/C18H16Cl3N3/c1-10-7-18(2,3)24-14-6-11(4-5-13(10)14)15(19)16(20)12-8-22-17(21)23-9-12/h4-9,24H,1-3H3.